The molecule has 0 saturated carbocycles. The van der Waals surface area contributed by atoms with Gasteiger partial charge in [-0.05, 0) is 6.92 Å². The fourth-order valence-electron chi connectivity index (χ4n) is 0. The average molecular weight is 98.1 g/mol. The summed E-state index contributed by atoms with van der Waals surface area (Å²) in [7, 11) is 0. The van der Waals surface area contributed by atoms with Gasteiger partial charge in [0, 0.05) is 0 Å². The topological polar surface area (TPSA) is 19.9 Å². The molecule has 1 heteroatoms. The van der Waals surface area contributed by atoms with E-state index < -0.39 is 0 Å². The van der Waals surface area contributed by atoms with Gasteiger partial charge in [-0.15, -0.1) is 19.7 Å². The van der Waals surface area contributed by atoms with E-state index in [4.69, 9.17) is 4.65 Å². The summed E-state index contributed by atoms with van der Waals surface area (Å²) in [5, 5.41) is 0. The van der Waals surface area contributed by atoms with E-state index in [-0.39, 0.29) is 0 Å². The molecule has 0 fully saturated rings. The fraction of sp³-hybridized carbons (Fsp3) is 0.167. The van der Waals surface area contributed by atoms with Gasteiger partial charge in [-0.25, -0.2) is 0 Å². The normalized spacial score (nSPS) is 2.71. The van der Waals surface area contributed by atoms with Gasteiger partial charge in [0.15, 0.2) is 0 Å². The molecule has 0 aromatic rings. The van der Waals surface area contributed by atoms with E-state index in [1.165, 1.54) is 0 Å². The molecular weight excluding hydrogens is 88.1 g/mol. The van der Waals surface area contributed by atoms with Gasteiger partial charge in [0.2, 0.25) is 0 Å². The molecule has 0 aliphatic carbocycles. The molecule has 1 nitrogen and oxygen atoms in total. The molecule has 0 N–H and O–H groups in total. The van der Waals surface area contributed by atoms with Gasteiger partial charge in [0.1, 0.15) is 0 Å². The van der Waals surface area contributed by atoms with Crippen LogP contribution in [-0.4, -0.2) is 0 Å². The van der Waals surface area contributed by atoms with Gasteiger partial charge < -0.3 is 0 Å². The maximum absolute atomic E-state index is 7.50. The Morgan fingerprint density at radius 3 is 1.43 bits per heavy atom. The molecule has 0 saturated heterocycles. The Hall–Kier alpha value is -0.780. The Labute approximate surface area is 45.1 Å². The van der Waals surface area contributed by atoms with E-state index in [2.05, 4.69) is 26.4 Å². The van der Waals surface area contributed by atoms with Crippen LogP contribution in [0.4, 0.5) is 0 Å². The summed E-state index contributed by atoms with van der Waals surface area (Å²) in [6, 6.07) is 0. The van der Waals surface area contributed by atoms with E-state index in [0.717, 1.165) is 0 Å². The minimum absolute atomic E-state index is 1.75. The van der Waals surface area contributed by atoms with Crippen LogP contribution < -0.4 is 0 Å². The van der Waals surface area contributed by atoms with Crippen molar-refractivity contribution in [1.29, 1.82) is 0 Å². The van der Waals surface area contributed by atoms with Crippen LogP contribution >= 0.6 is 0 Å². The van der Waals surface area contributed by atoms with E-state index in [9.17, 15) is 0 Å². The first-order valence-electron chi connectivity index (χ1n) is 1.69. The molecule has 0 aromatic carbocycles. The minimum atomic E-state index is 1.75. The molecule has 0 heterocycles. The Kier molecular flexibility index (Phi) is 4490. The third-order valence-electron chi connectivity index (χ3n) is 0. The summed E-state index contributed by atoms with van der Waals surface area (Å²) in [6.07, 6.45) is 1.75. The molecule has 0 aliphatic heterocycles. The average Bonchev–Trinajstić information content (AvgIpc) is 1.78. The number of rotatable bonds is 0. The van der Waals surface area contributed by atoms with Crippen molar-refractivity contribution in [1.82, 2.24) is 0 Å². The molecule has 0 aromatic heterocycles. The van der Waals surface area contributed by atoms with Crippen molar-refractivity contribution < 1.29 is 4.65 Å². The summed E-state index contributed by atoms with van der Waals surface area (Å²) in [4.78, 5) is 0. The second-order valence-electron chi connectivity index (χ2n) is 0.408. The van der Waals surface area contributed by atoms with Gasteiger partial charge in [-0.1, -0.05) is 6.08 Å². The summed E-state index contributed by atoms with van der Waals surface area (Å²) >= 11 is 0. The quantitative estimate of drug-likeness (QED) is 0.251. The maximum atomic E-state index is 7.50. The zero-order chi connectivity index (χ0) is 6.71. The summed E-state index contributed by atoms with van der Waals surface area (Å²) in [6.45, 7) is 15.8. The van der Waals surface area contributed by atoms with Crippen molar-refractivity contribution in [3.63, 3.8) is 0 Å². The molecular formula is C6H10O. The first-order chi connectivity index (χ1) is 3.41. The van der Waals surface area contributed by atoms with Crippen molar-refractivity contribution >= 4 is 0 Å². The molecule has 0 atom stereocenters. The van der Waals surface area contributed by atoms with Gasteiger partial charge in [-0.3, -0.25) is 0 Å². The zero-order valence-corrected chi connectivity index (χ0v) is 4.61. The standard InChI is InChI=1S/C3H6.C2H4.CO/c1-3-2;2*1-2/h3H,1H2,2H3;1-2H2;. The Balaban J connectivity index is -0.0000000360. The first kappa shape index (κ1) is 16.3. The molecule has 0 radical (unpaired) electrons. The van der Waals surface area contributed by atoms with Crippen LogP contribution in [-0.2, 0) is 4.65 Å². The molecule has 0 rings (SSSR count). The van der Waals surface area contributed by atoms with Crippen LogP contribution in [0.5, 0.6) is 0 Å². The van der Waals surface area contributed by atoms with E-state index in [1.807, 2.05) is 6.92 Å². The molecule has 40 valence electrons. The van der Waals surface area contributed by atoms with Crippen molar-refractivity contribution in [2.75, 3.05) is 0 Å². The molecule has 0 unspecified atom stereocenters. The predicted octanol–water partition coefficient (Wildman–Crippen LogP) is 1.96. The predicted molar refractivity (Wildman–Crippen MR) is 31.1 cm³/mol. The zero-order valence-electron chi connectivity index (χ0n) is 4.61. The van der Waals surface area contributed by atoms with Crippen LogP contribution in [0.1, 0.15) is 6.92 Å². The van der Waals surface area contributed by atoms with E-state index in [1.54, 1.807) is 6.08 Å². The van der Waals surface area contributed by atoms with Crippen LogP contribution in [0.25, 0.3) is 0 Å². The SMILES string of the molecule is C=C.C=CC.[C-]#[O+]. The van der Waals surface area contributed by atoms with Crippen molar-refractivity contribution in [3.05, 3.63) is 32.5 Å². The first-order valence-corrected chi connectivity index (χ1v) is 1.69. The number of hydrogen-bond acceptors (Lipinski definition) is 0. The monoisotopic (exact) mass is 98.1 g/mol. The Morgan fingerprint density at radius 1 is 1.43 bits per heavy atom. The van der Waals surface area contributed by atoms with Crippen LogP contribution in [0.15, 0.2) is 25.8 Å². The second-order valence-corrected chi connectivity index (χ2v) is 0.408. The summed E-state index contributed by atoms with van der Waals surface area (Å²) < 4.78 is 7.50. The third kappa shape index (κ3) is 89.0. The van der Waals surface area contributed by atoms with Crippen LogP contribution in [0.3, 0.4) is 0 Å². The number of allylic oxidation sites excluding steroid dienone is 1. The Bertz CT molecular complexity index is 36.7. The van der Waals surface area contributed by atoms with Gasteiger partial charge in [-0.2, -0.15) is 0 Å². The van der Waals surface area contributed by atoms with Crippen molar-refractivity contribution in [3.8, 4) is 0 Å². The van der Waals surface area contributed by atoms with Gasteiger partial charge >= 0.3 is 11.3 Å². The Morgan fingerprint density at radius 2 is 1.43 bits per heavy atom. The molecule has 0 bridgehead atoms. The summed E-state index contributed by atoms with van der Waals surface area (Å²) in [5.74, 6) is 0. The van der Waals surface area contributed by atoms with Crippen LogP contribution in [0.2, 0.25) is 0 Å². The second kappa shape index (κ2) is 1920. The van der Waals surface area contributed by atoms with E-state index >= 15 is 0 Å². The van der Waals surface area contributed by atoms with E-state index in [0.29, 0.717) is 0 Å². The molecule has 7 heavy (non-hydrogen) atoms. The number of hydrogen-bond donors (Lipinski definition) is 0. The third-order valence-corrected chi connectivity index (χ3v) is 0. The van der Waals surface area contributed by atoms with Crippen LogP contribution in [0, 0.1) is 6.65 Å². The van der Waals surface area contributed by atoms with Crippen molar-refractivity contribution in [2.24, 2.45) is 0 Å². The fourth-order valence-corrected chi connectivity index (χ4v) is 0. The van der Waals surface area contributed by atoms with Gasteiger partial charge in [0.25, 0.3) is 0 Å². The molecule has 0 aliphatic rings. The van der Waals surface area contributed by atoms with Crippen molar-refractivity contribution in [2.45, 2.75) is 6.92 Å². The molecule has 0 amide bonds. The molecule has 0 spiro atoms. The van der Waals surface area contributed by atoms with Gasteiger partial charge in [0.05, 0.1) is 0 Å². The summed E-state index contributed by atoms with van der Waals surface area (Å²) in [5.41, 5.74) is 0.